The Morgan fingerprint density at radius 3 is 2.00 bits per heavy atom. The van der Waals surface area contributed by atoms with Gasteiger partial charge in [-0.3, -0.25) is 0 Å². The van der Waals surface area contributed by atoms with Crippen LogP contribution in [0.5, 0.6) is 0 Å². The lowest BCUT2D eigenvalue weighted by atomic mass is 10.3. The topological polar surface area (TPSA) is 12.4 Å². The van der Waals surface area contributed by atoms with E-state index < -0.39 is 28.7 Å². The summed E-state index contributed by atoms with van der Waals surface area (Å²) in [6.45, 7) is 0. The first-order valence-electron chi connectivity index (χ1n) is 3.58. The molecule has 0 N–H and O–H groups in total. The Kier molecular flexibility index (Phi) is 3.28. The summed E-state index contributed by atoms with van der Waals surface area (Å²) in [6, 6.07) is 2.57. The van der Waals surface area contributed by atoms with Crippen molar-refractivity contribution in [1.82, 2.24) is 0 Å². The molecule has 1 aromatic rings. The minimum atomic E-state index is -4.92. The van der Waals surface area contributed by atoms with E-state index in [0.717, 1.165) is 18.2 Å². The van der Waals surface area contributed by atoms with E-state index in [0.29, 0.717) is 0 Å². The van der Waals surface area contributed by atoms with Crippen LogP contribution in [0.25, 0.3) is 0 Å². The fourth-order valence-electron chi connectivity index (χ4n) is 0.757. The standard InChI is InChI=1S/C8H3ClF5N/c9-7(8(12,13)14)15-6-4(10)2-1-3-5(6)11/h1-3H. The Labute approximate surface area is 86.2 Å². The van der Waals surface area contributed by atoms with Gasteiger partial charge < -0.3 is 0 Å². The van der Waals surface area contributed by atoms with Gasteiger partial charge in [0.25, 0.3) is 0 Å². The molecule has 1 aromatic carbocycles. The van der Waals surface area contributed by atoms with E-state index in [2.05, 4.69) is 4.99 Å². The molecule has 0 heterocycles. The average molecular weight is 244 g/mol. The Morgan fingerprint density at radius 2 is 1.60 bits per heavy atom. The molecule has 0 radical (unpaired) electrons. The third-order valence-corrected chi connectivity index (χ3v) is 1.68. The van der Waals surface area contributed by atoms with Gasteiger partial charge in [-0.1, -0.05) is 17.7 Å². The summed E-state index contributed by atoms with van der Waals surface area (Å²) >= 11 is 4.73. The molecule has 15 heavy (non-hydrogen) atoms. The van der Waals surface area contributed by atoms with Crippen LogP contribution < -0.4 is 0 Å². The zero-order chi connectivity index (χ0) is 11.6. The molecule has 0 amide bonds. The van der Waals surface area contributed by atoms with Gasteiger partial charge >= 0.3 is 6.18 Å². The molecule has 0 bridgehead atoms. The van der Waals surface area contributed by atoms with Gasteiger partial charge in [0.2, 0.25) is 5.17 Å². The number of aliphatic imine (C=N–C) groups is 1. The number of alkyl halides is 3. The first kappa shape index (κ1) is 11.9. The van der Waals surface area contributed by atoms with Gasteiger partial charge in [-0.15, -0.1) is 0 Å². The van der Waals surface area contributed by atoms with Crippen molar-refractivity contribution < 1.29 is 22.0 Å². The zero-order valence-corrected chi connectivity index (χ0v) is 7.70. The maximum Gasteiger partial charge on any atom is 0.444 e. The fraction of sp³-hybridized carbons (Fsp3) is 0.125. The van der Waals surface area contributed by atoms with Crippen LogP contribution in [0.2, 0.25) is 0 Å². The van der Waals surface area contributed by atoms with Crippen LogP contribution in [0.4, 0.5) is 27.6 Å². The van der Waals surface area contributed by atoms with Crippen LogP contribution >= 0.6 is 11.6 Å². The minimum absolute atomic E-state index is 0.780. The lowest BCUT2D eigenvalue weighted by Crippen LogP contribution is -2.16. The van der Waals surface area contributed by atoms with Crippen molar-refractivity contribution in [2.45, 2.75) is 6.18 Å². The summed E-state index contributed by atoms with van der Waals surface area (Å²) in [6.07, 6.45) is -4.92. The van der Waals surface area contributed by atoms with Gasteiger partial charge in [0.1, 0.15) is 5.69 Å². The number of hydrogen-bond acceptors (Lipinski definition) is 1. The van der Waals surface area contributed by atoms with Crippen molar-refractivity contribution in [2.75, 3.05) is 0 Å². The van der Waals surface area contributed by atoms with Crippen LogP contribution in [0, 0.1) is 11.6 Å². The van der Waals surface area contributed by atoms with E-state index in [9.17, 15) is 22.0 Å². The molecule has 7 heteroatoms. The van der Waals surface area contributed by atoms with Crippen LogP contribution in [0.15, 0.2) is 23.2 Å². The summed E-state index contributed by atoms with van der Waals surface area (Å²) in [5, 5.41) is -1.83. The monoisotopic (exact) mass is 243 g/mol. The Balaban J connectivity index is 3.19. The van der Waals surface area contributed by atoms with E-state index in [1.54, 1.807) is 0 Å². The smallest absolute Gasteiger partial charge is 0.226 e. The van der Waals surface area contributed by atoms with Crippen molar-refractivity contribution in [3.05, 3.63) is 29.8 Å². The minimum Gasteiger partial charge on any atom is -0.226 e. The molecule has 0 aliphatic carbocycles. The normalized spacial score (nSPS) is 13.1. The van der Waals surface area contributed by atoms with Crippen molar-refractivity contribution in [2.24, 2.45) is 4.99 Å². The number of hydrogen-bond donors (Lipinski definition) is 0. The summed E-state index contributed by atoms with van der Waals surface area (Å²) in [4.78, 5) is 2.64. The number of nitrogens with zero attached hydrogens (tertiary/aromatic N) is 1. The lowest BCUT2D eigenvalue weighted by Gasteiger charge is -2.04. The van der Waals surface area contributed by atoms with Crippen LogP contribution in [-0.2, 0) is 0 Å². The van der Waals surface area contributed by atoms with Gasteiger partial charge in [-0.2, -0.15) is 13.2 Å². The summed E-state index contributed by atoms with van der Waals surface area (Å²) in [5.41, 5.74) is -1.06. The molecule has 0 fully saturated rings. The quantitative estimate of drug-likeness (QED) is 0.526. The highest BCUT2D eigenvalue weighted by Gasteiger charge is 2.35. The third-order valence-electron chi connectivity index (χ3n) is 1.38. The SMILES string of the molecule is Fc1cccc(F)c1N=C(Cl)C(F)(F)F. The van der Waals surface area contributed by atoms with E-state index in [-0.39, 0.29) is 0 Å². The second-order valence-electron chi connectivity index (χ2n) is 2.47. The van der Waals surface area contributed by atoms with Crippen molar-refractivity contribution in [3.8, 4) is 0 Å². The third kappa shape index (κ3) is 2.89. The molecule has 0 spiro atoms. The lowest BCUT2D eigenvalue weighted by molar-refractivity contribution is -0.0558. The van der Waals surface area contributed by atoms with E-state index in [4.69, 9.17) is 11.6 Å². The highest BCUT2D eigenvalue weighted by atomic mass is 35.5. The van der Waals surface area contributed by atoms with Crippen LogP contribution in [0.1, 0.15) is 0 Å². The van der Waals surface area contributed by atoms with Crippen LogP contribution in [0.3, 0.4) is 0 Å². The average Bonchev–Trinajstić information content (AvgIpc) is 2.09. The predicted molar refractivity (Wildman–Crippen MR) is 45.4 cm³/mol. The second-order valence-corrected chi connectivity index (χ2v) is 2.83. The molecule has 0 saturated carbocycles. The van der Waals surface area contributed by atoms with Gasteiger partial charge in [0, 0.05) is 0 Å². The van der Waals surface area contributed by atoms with Gasteiger partial charge in [0.15, 0.2) is 11.6 Å². The second kappa shape index (κ2) is 4.14. The van der Waals surface area contributed by atoms with E-state index in [1.165, 1.54) is 0 Å². The summed E-state index contributed by atoms with van der Waals surface area (Å²) < 4.78 is 61.3. The number of rotatable bonds is 1. The molecule has 1 nitrogen and oxygen atoms in total. The molecular weight excluding hydrogens is 241 g/mol. The van der Waals surface area contributed by atoms with Gasteiger partial charge in [0.05, 0.1) is 0 Å². The number of halogens is 6. The van der Waals surface area contributed by atoms with E-state index >= 15 is 0 Å². The Bertz CT molecular complexity index is 378. The van der Waals surface area contributed by atoms with Crippen molar-refractivity contribution >= 4 is 22.5 Å². The largest absolute Gasteiger partial charge is 0.444 e. The van der Waals surface area contributed by atoms with Crippen molar-refractivity contribution in [1.29, 1.82) is 0 Å². The van der Waals surface area contributed by atoms with Gasteiger partial charge in [-0.05, 0) is 12.1 Å². The Hall–Kier alpha value is -1.17. The molecule has 0 aliphatic rings. The Morgan fingerprint density at radius 1 is 1.13 bits per heavy atom. The first-order valence-corrected chi connectivity index (χ1v) is 3.95. The van der Waals surface area contributed by atoms with Gasteiger partial charge in [-0.25, -0.2) is 13.8 Å². The maximum absolute atomic E-state index is 12.8. The fourth-order valence-corrected chi connectivity index (χ4v) is 0.842. The highest BCUT2D eigenvalue weighted by Crippen LogP contribution is 2.27. The summed E-state index contributed by atoms with van der Waals surface area (Å²) in [5.74, 6) is -2.42. The molecule has 82 valence electrons. The molecule has 0 saturated heterocycles. The highest BCUT2D eigenvalue weighted by molar-refractivity contribution is 6.67. The van der Waals surface area contributed by atoms with Crippen molar-refractivity contribution in [3.63, 3.8) is 0 Å². The molecule has 1 rings (SSSR count). The van der Waals surface area contributed by atoms with E-state index in [1.807, 2.05) is 0 Å². The number of benzene rings is 1. The number of para-hydroxylation sites is 1. The molecule has 0 aromatic heterocycles. The maximum atomic E-state index is 12.8. The summed E-state index contributed by atoms with van der Waals surface area (Å²) in [7, 11) is 0. The first-order chi connectivity index (χ1) is 6.82. The molecular formula is C8H3ClF5N. The zero-order valence-electron chi connectivity index (χ0n) is 6.95. The molecule has 0 atom stereocenters. The molecule has 0 unspecified atom stereocenters. The predicted octanol–water partition coefficient (Wildman–Crippen LogP) is 3.80. The van der Waals surface area contributed by atoms with Crippen LogP contribution in [-0.4, -0.2) is 11.3 Å². The molecule has 0 aliphatic heterocycles.